The van der Waals surface area contributed by atoms with Crippen LogP contribution in [0.2, 0.25) is 0 Å². The fraction of sp³-hybridized carbons (Fsp3) is 0.364. The van der Waals surface area contributed by atoms with Crippen LogP contribution in [0.5, 0.6) is 0 Å². The zero-order valence-electron chi connectivity index (χ0n) is 15.9. The minimum Gasteiger partial charge on any atom is -0.358 e. The zero-order chi connectivity index (χ0) is 19.0. The summed E-state index contributed by atoms with van der Waals surface area (Å²) in [5.41, 5.74) is 4.86. The average Bonchev–Trinajstić information content (AvgIpc) is 2.98. The van der Waals surface area contributed by atoms with Crippen LogP contribution in [-0.2, 0) is 16.4 Å². The molecule has 5 heteroatoms. The van der Waals surface area contributed by atoms with Gasteiger partial charge in [-0.05, 0) is 62.8 Å². The van der Waals surface area contributed by atoms with Gasteiger partial charge >= 0.3 is 0 Å². The van der Waals surface area contributed by atoms with Crippen LogP contribution in [0.4, 0.5) is 0 Å². The summed E-state index contributed by atoms with van der Waals surface area (Å²) in [6, 6.07) is 15.6. The van der Waals surface area contributed by atoms with Gasteiger partial charge in [0, 0.05) is 29.7 Å². The molecule has 2 heterocycles. The highest BCUT2D eigenvalue weighted by Crippen LogP contribution is 2.30. The van der Waals surface area contributed by atoms with Gasteiger partial charge in [-0.2, -0.15) is 4.31 Å². The Morgan fingerprint density at radius 2 is 1.67 bits per heavy atom. The van der Waals surface area contributed by atoms with E-state index in [2.05, 4.69) is 36.2 Å². The summed E-state index contributed by atoms with van der Waals surface area (Å²) in [7, 11) is -3.38. The summed E-state index contributed by atoms with van der Waals surface area (Å²) in [6.45, 7) is 5.30. The van der Waals surface area contributed by atoms with Gasteiger partial charge in [-0.1, -0.05) is 35.9 Å². The highest BCUT2D eigenvalue weighted by Gasteiger charge is 2.29. The first-order chi connectivity index (χ1) is 12.9. The molecular weight excluding hydrogens is 356 g/mol. The molecule has 1 fully saturated rings. The van der Waals surface area contributed by atoms with E-state index in [1.54, 1.807) is 16.4 Å². The van der Waals surface area contributed by atoms with Crippen LogP contribution in [-0.4, -0.2) is 30.8 Å². The second kappa shape index (κ2) is 7.13. The standard InChI is InChI=1S/C22H26N2O2S/c1-16-7-9-19(10-8-16)27(25,26)24-13-11-18(12-14-24)15-21-17(2)23-22-6-4-3-5-20(21)22/h3-10,18,23H,11-15H2,1-2H3. The SMILES string of the molecule is Cc1ccc(S(=O)(=O)N2CCC(Cc3c(C)[nH]c4ccccc34)CC2)cc1. The molecule has 3 aromatic rings. The molecule has 142 valence electrons. The Morgan fingerprint density at radius 3 is 2.37 bits per heavy atom. The Hall–Kier alpha value is -2.11. The summed E-state index contributed by atoms with van der Waals surface area (Å²) < 4.78 is 27.4. The molecule has 0 bridgehead atoms. The molecule has 2 aromatic carbocycles. The molecule has 0 aliphatic carbocycles. The maximum Gasteiger partial charge on any atom is 0.243 e. The van der Waals surface area contributed by atoms with Crippen LogP contribution in [0, 0.1) is 19.8 Å². The van der Waals surface area contributed by atoms with Gasteiger partial charge in [0.05, 0.1) is 4.90 Å². The predicted octanol–water partition coefficient (Wildman–Crippen LogP) is 4.43. The lowest BCUT2D eigenvalue weighted by Crippen LogP contribution is -2.38. The van der Waals surface area contributed by atoms with Crippen molar-refractivity contribution < 1.29 is 8.42 Å². The highest BCUT2D eigenvalue weighted by atomic mass is 32.2. The first kappa shape index (κ1) is 18.3. The van der Waals surface area contributed by atoms with Gasteiger partial charge in [-0.3, -0.25) is 0 Å². The normalized spacial score (nSPS) is 16.8. The molecule has 0 amide bonds. The van der Waals surface area contributed by atoms with Crippen LogP contribution in [0.3, 0.4) is 0 Å². The Bertz CT molecular complexity index is 1040. The van der Waals surface area contributed by atoms with E-state index in [-0.39, 0.29) is 0 Å². The van der Waals surface area contributed by atoms with Crippen molar-refractivity contribution in [3.8, 4) is 0 Å². The molecule has 0 spiro atoms. The molecule has 1 aliphatic heterocycles. The van der Waals surface area contributed by atoms with Gasteiger partial charge in [0.1, 0.15) is 0 Å². The first-order valence-corrected chi connectivity index (χ1v) is 11.0. The van der Waals surface area contributed by atoms with Crippen LogP contribution in [0.1, 0.15) is 29.7 Å². The van der Waals surface area contributed by atoms with Crippen LogP contribution in [0.15, 0.2) is 53.4 Å². The van der Waals surface area contributed by atoms with E-state index in [0.717, 1.165) is 24.8 Å². The molecular formula is C22H26N2O2S. The van der Waals surface area contributed by atoms with Crippen molar-refractivity contribution in [3.05, 3.63) is 65.4 Å². The van der Waals surface area contributed by atoms with Crippen molar-refractivity contribution in [2.24, 2.45) is 5.92 Å². The Labute approximate surface area is 161 Å². The monoisotopic (exact) mass is 382 g/mol. The first-order valence-electron chi connectivity index (χ1n) is 9.58. The molecule has 0 saturated carbocycles. The van der Waals surface area contributed by atoms with Crippen LogP contribution < -0.4 is 0 Å². The van der Waals surface area contributed by atoms with E-state index in [4.69, 9.17) is 0 Å². The molecule has 1 saturated heterocycles. The lowest BCUT2D eigenvalue weighted by molar-refractivity contribution is 0.273. The molecule has 0 radical (unpaired) electrons. The number of aromatic nitrogens is 1. The van der Waals surface area contributed by atoms with E-state index in [9.17, 15) is 8.42 Å². The number of fused-ring (bicyclic) bond motifs is 1. The topological polar surface area (TPSA) is 53.2 Å². The number of para-hydroxylation sites is 1. The third kappa shape index (κ3) is 3.54. The quantitative estimate of drug-likeness (QED) is 0.726. The number of H-pyrrole nitrogens is 1. The molecule has 1 N–H and O–H groups in total. The van der Waals surface area contributed by atoms with Gasteiger partial charge < -0.3 is 4.98 Å². The molecule has 27 heavy (non-hydrogen) atoms. The summed E-state index contributed by atoms with van der Waals surface area (Å²) in [4.78, 5) is 3.87. The fourth-order valence-corrected chi connectivity index (χ4v) is 5.57. The lowest BCUT2D eigenvalue weighted by Gasteiger charge is -2.31. The summed E-state index contributed by atoms with van der Waals surface area (Å²) in [5, 5.41) is 1.30. The number of hydrogen-bond donors (Lipinski definition) is 1. The van der Waals surface area contributed by atoms with Gasteiger partial charge in [0.2, 0.25) is 10.0 Å². The number of nitrogens with one attached hydrogen (secondary N) is 1. The minimum atomic E-state index is -3.38. The number of benzene rings is 2. The Balaban J connectivity index is 1.46. The van der Waals surface area contributed by atoms with Crippen molar-refractivity contribution in [1.29, 1.82) is 0 Å². The smallest absolute Gasteiger partial charge is 0.243 e. The highest BCUT2D eigenvalue weighted by molar-refractivity contribution is 7.89. The second-order valence-corrected chi connectivity index (χ2v) is 9.58. The van der Waals surface area contributed by atoms with Crippen LogP contribution in [0.25, 0.3) is 10.9 Å². The number of aryl methyl sites for hydroxylation is 2. The van der Waals surface area contributed by atoms with Gasteiger partial charge in [-0.15, -0.1) is 0 Å². The molecule has 4 nitrogen and oxygen atoms in total. The Kier molecular flexibility index (Phi) is 4.82. The molecule has 1 aliphatic rings. The number of piperidine rings is 1. The third-order valence-electron chi connectivity index (χ3n) is 5.75. The zero-order valence-corrected chi connectivity index (χ0v) is 16.7. The van der Waals surface area contributed by atoms with Gasteiger partial charge in [0.25, 0.3) is 0 Å². The second-order valence-electron chi connectivity index (χ2n) is 7.64. The van der Waals surface area contributed by atoms with E-state index < -0.39 is 10.0 Å². The Morgan fingerprint density at radius 1 is 1.00 bits per heavy atom. The minimum absolute atomic E-state index is 0.402. The molecule has 0 unspecified atom stereocenters. The average molecular weight is 383 g/mol. The number of hydrogen-bond acceptors (Lipinski definition) is 2. The van der Waals surface area contributed by atoms with Crippen molar-refractivity contribution >= 4 is 20.9 Å². The van der Waals surface area contributed by atoms with Gasteiger partial charge in [-0.25, -0.2) is 8.42 Å². The molecule has 4 rings (SSSR count). The van der Waals surface area contributed by atoms with E-state index in [1.165, 1.54) is 22.2 Å². The number of aromatic amines is 1. The fourth-order valence-electron chi connectivity index (χ4n) is 4.10. The van der Waals surface area contributed by atoms with Gasteiger partial charge in [0.15, 0.2) is 0 Å². The number of nitrogens with zero attached hydrogens (tertiary/aromatic N) is 1. The molecule has 1 aromatic heterocycles. The third-order valence-corrected chi connectivity index (χ3v) is 7.66. The van der Waals surface area contributed by atoms with Crippen molar-refractivity contribution in [1.82, 2.24) is 9.29 Å². The summed E-state index contributed by atoms with van der Waals surface area (Å²) in [5.74, 6) is 0.521. The molecule has 0 atom stereocenters. The predicted molar refractivity (Wildman–Crippen MR) is 109 cm³/mol. The lowest BCUT2D eigenvalue weighted by atomic mass is 9.90. The van der Waals surface area contributed by atoms with Crippen molar-refractivity contribution in [2.45, 2.75) is 38.0 Å². The maximum atomic E-state index is 12.9. The van der Waals surface area contributed by atoms with E-state index >= 15 is 0 Å². The van der Waals surface area contributed by atoms with Crippen molar-refractivity contribution in [2.75, 3.05) is 13.1 Å². The summed E-state index contributed by atoms with van der Waals surface area (Å²) >= 11 is 0. The van der Waals surface area contributed by atoms with E-state index in [1.807, 2.05) is 19.1 Å². The number of rotatable bonds is 4. The van der Waals surface area contributed by atoms with Crippen LogP contribution >= 0.6 is 0 Å². The van der Waals surface area contributed by atoms with Crippen molar-refractivity contribution in [3.63, 3.8) is 0 Å². The maximum absolute atomic E-state index is 12.9. The summed E-state index contributed by atoms with van der Waals surface area (Å²) in [6.07, 6.45) is 2.82. The largest absolute Gasteiger partial charge is 0.358 e. The number of sulfonamides is 1. The van der Waals surface area contributed by atoms with E-state index in [0.29, 0.717) is 23.9 Å².